The number of hydrogen-bond donors (Lipinski definition) is 2. The summed E-state index contributed by atoms with van der Waals surface area (Å²) < 4.78 is 11.8. The molecule has 4 saturated heterocycles. The summed E-state index contributed by atoms with van der Waals surface area (Å²) in [7, 11) is 0. The van der Waals surface area contributed by atoms with Crippen molar-refractivity contribution >= 4 is 39.7 Å². The van der Waals surface area contributed by atoms with Crippen molar-refractivity contribution in [3.8, 4) is 18.1 Å². The van der Waals surface area contributed by atoms with E-state index >= 15 is 0 Å². The molecule has 0 aromatic carbocycles. The number of fused-ring (bicyclic) bond motifs is 4. The molecular weight excluding hydrogens is 571 g/mol. The Bertz CT molecular complexity index is 1470. The van der Waals surface area contributed by atoms with Crippen molar-refractivity contribution in [3.05, 3.63) is 21.6 Å². The summed E-state index contributed by atoms with van der Waals surface area (Å²) in [5.74, 6) is 2.19. The van der Waals surface area contributed by atoms with Gasteiger partial charge >= 0.3 is 6.01 Å². The largest absolute Gasteiger partial charge is 0.463 e. The number of nitrogen functional groups attached to an aromatic ring is 1. The summed E-state index contributed by atoms with van der Waals surface area (Å²) in [6.45, 7) is 8.10. The molecule has 8 rings (SSSR count). The van der Waals surface area contributed by atoms with Crippen LogP contribution in [0.4, 0.5) is 16.6 Å². The maximum atomic E-state index is 10.5. The number of morpholine rings is 1. The van der Waals surface area contributed by atoms with Crippen LogP contribution in [0.2, 0.25) is 0 Å². The third-order valence-electron chi connectivity index (χ3n) is 9.85. The van der Waals surface area contributed by atoms with Gasteiger partial charge in [0.25, 0.3) is 0 Å². The first-order valence-electron chi connectivity index (χ1n) is 14.9. The number of nitriles is 2. The predicted molar refractivity (Wildman–Crippen MR) is 162 cm³/mol. The van der Waals surface area contributed by atoms with Crippen molar-refractivity contribution in [2.24, 2.45) is 5.41 Å². The van der Waals surface area contributed by atoms with Crippen molar-refractivity contribution in [3.63, 3.8) is 0 Å². The van der Waals surface area contributed by atoms with Crippen molar-refractivity contribution < 1.29 is 9.47 Å². The molecule has 2 aromatic heterocycles. The number of nitrogens with one attached hydrogen (secondary N) is 1. The van der Waals surface area contributed by atoms with Gasteiger partial charge in [-0.15, -0.1) is 23.1 Å². The summed E-state index contributed by atoms with van der Waals surface area (Å²) in [4.78, 5) is 17.9. The van der Waals surface area contributed by atoms with Crippen LogP contribution in [0.1, 0.15) is 47.3 Å². The van der Waals surface area contributed by atoms with E-state index in [9.17, 15) is 10.5 Å². The van der Waals surface area contributed by atoms with Gasteiger partial charge in [0.1, 0.15) is 22.7 Å². The fraction of sp³-hybridized carbons (Fsp3) is 0.655. The third-order valence-corrected chi connectivity index (χ3v) is 12.5. The number of thioether (sulfide) groups is 1. The Kier molecular flexibility index (Phi) is 6.47. The highest BCUT2D eigenvalue weighted by atomic mass is 32.2. The minimum absolute atomic E-state index is 0.132. The number of thiophene rings is 1. The van der Waals surface area contributed by atoms with E-state index in [0.717, 1.165) is 82.9 Å². The Balaban J connectivity index is 1.09. The monoisotopic (exact) mass is 605 g/mol. The van der Waals surface area contributed by atoms with E-state index in [1.807, 2.05) is 11.8 Å². The SMILES string of the molecule is N#Cc1c(N2CC3CC[C@@H](C2)N3)nc(OCC2(CN3CCOCC3)CC2)nc1N1CC2(C1)SCc1sc(N)c(C#N)c12. The normalized spacial score (nSPS) is 26.9. The molecule has 1 saturated carbocycles. The number of anilines is 3. The molecule has 6 aliphatic rings. The van der Waals surface area contributed by atoms with Gasteiger partial charge in [-0.25, -0.2) is 0 Å². The first kappa shape index (κ1) is 26.8. The molecule has 5 aliphatic heterocycles. The van der Waals surface area contributed by atoms with Crippen LogP contribution in [-0.2, 0) is 15.2 Å². The first-order valence-corrected chi connectivity index (χ1v) is 16.7. The molecule has 11 nitrogen and oxygen atoms in total. The van der Waals surface area contributed by atoms with Crippen LogP contribution in [0, 0.1) is 28.1 Å². The lowest BCUT2D eigenvalue weighted by molar-refractivity contribution is 0.0231. The lowest BCUT2D eigenvalue weighted by Crippen LogP contribution is -2.57. The molecule has 1 spiro atoms. The zero-order valence-electron chi connectivity index (χ0n) is 23.6. The standard InChI is InChI=1S/C29H35N9O2S2/c30-9-20-23-22(42-24(20)32)13-41-29(23)15-38(16-29)26-21(10-31)25(37-11-18-1-2-19(12-37)33-18)34-27(35-26)40-17-28(3-4-28)14-36-5-7-39-8-6-36/h18-19,33H,1-8,11-17,32H2/t18-,19?/m0/s1. The molecule has 3 N–H and O–H groups in total. The number of rotatable bonds is 7. The quantitative estimate of drug-likeness (QED) is 0.478. The van der Waals surface area contributed by atoms with Crippen molar-refractivity contribution in [1.29, 1.82) is 10.5 Å². The Morgan fingerprint density at radius 2 is 1.71 bits per heavy atom. The summed E-state index contributed by atoms with van der Waals surface area (Å²) in [6, 6.07) is 6.00. The Labute approximate surface area is 254 Å². The Morgan fingerprint density at radius 1 is 1.02 bits per heavy atom. The number of piperazine rings is 1. The summed E-state index contributed by atoms with van der Waals surface area (Å²) in [6.07, 6.45) is 4.57. The number of nitrogens with two attached hydrogens (primary N) is 1. The number of ether oxygens (including phenoxy) is 2. The Hall–Kier alpha value is -2.81. The van der Waals surface area contributed by atoms with E-state index in [0.29, 0.717) is 65.6 Å². The molecule has 1 aliphatic carbocycles. The molecule has 7 heterocycles. The molecule has 220 valence electrons. The van der Waals surface area contributed by atoms with Gasteiger partial charge in [0.05, 0.1) is 30.1 Å². The fourth-order valence-corrected chi connectivity index (χ4v) is 10.2. The lowest BCUT2D eigenvalue weighted by atomic mass is 9.88. The van der Waals surface area contributed by atoms with Crippen LogP contribution in [0.5, 0.6) is 6.01 Å². The highest BCUT2D eigenvalue weighted by molar-refractivity contribution is 8.00. The van der Waals surface area contributed by atoms with Gasteiger partial charge in [-0.2, -0.15) is 20.5 Å². The second-order valence-corrected chi connectivity index (χ2v) is 15.2. The average Bonchev–Trinajstić information content (AvgIpc) is 3.35. The molecule has 0 radical (unpaired) electrons. The van der Waals surface area contributed by atoms with Crippen molar-refractivity contribution in [2.45, 2.75) is 48.3 Å². The van der Waals surface area contributed by atoms with Crippen LogP contribution < -0.4 is 25.6 Å². The molecule has 2 aromatic rings. The van der Waals surface area contributed by atoms with Crippen LogP contribution in [0.25, 0.3) is 0 Å². The molecule has 5 fully saturated rings. The Morgan fingerprint density at radius 3 is 2.38 bits per heavy atom. The highest BCUT2D eigenvalue weighted by Crippen LogP contribution is 2.58. The summed E-state index contributed by atoms with van der Waals surface area (Å²) >= 11 is 3.41. The number of hydrogen-bond acceptors (Lipinski definition) is 13. The molecule has 13 heteroatoms. The van der Waals surface area contributed by atoms with Crippen LogP contribution in [0.3, 0.4) is 0 Å². The molecule has 2 atom stereocenters. The zero-order chi connectivity index (χ0) is 28.5. The summed E-state index contributed by atoms with van der Waals surface area (Å²) in [5.41, 5.74) is 8.57. The number of nitrogens with zero attached hydrogens (tertiary/aromatic N) is 7. The van der Waals surface area contributed by atoms with E-state index in [4.69, 9.17) is 25.2 Å². The molecule has 2 bridgehead atoms. The minimum Gasteiger partial charge on any atom is -0.463 e. The predicted octanol–water partition coefficient (Wildman–Crippen LogP) is 2.26. The fourth-order valence-electron chi connectivity index (χ4n) is 7.42. The highest BCUT2D eigenvalue weighted by Gasteiger charge is 2.53. The van der Waals surface area contributed by atoms with E-state index in [1.54, 1.807) is 0 Å². The topological polar surface area (TPSA) is 140 Å². The summed E-state index contributed by atoms with van der Waals surface area (Å²) in [5, 5.41) is 24.6. The van der Waals surface area contributed by atoms with Crippen LogP contribution in [0.15, 0.2) is 0 Å². The number of aromatic nitrogens is 2. The second kappa shape index (κ2) is 10.1. The minimum atomic E-state index is -0.197. The van der Waals surface area contributed by atoms with E-state index in [-0.39, 0.29) is 10.2 Å². The average molecular weight is 606 g/mol. The van der Waals surface area contributed by atoms with Gasteiger partial charge in [0.2, 0.25) is 0 Å². The molecule has 1 unspecified atom stereocenters. The van der Waals surface area contributed by atoms with Crippen LogP contribution in [-0.4, -0.2) is 92.6 Å². The van der Waals surface area contributed by atoms with E-state index < -0.39 is 0 Å². The van der Waals surface area contributed by atoms with Crippen molar-refractivity contribution in [2.75, 3.05) is 81.2 Å². The second-order valence-electron chi connectivity index (χ2n) is 12.8. The molecule has 0 amide bonds. The van der Waals surface area contributed by atoms with Crippen molar-refractivity contribution in [1.82, 2.24) is 20.2 Å². The lowest BCUT2D eigenvalue weighted by Gasteiger charge is -2.49. The zero-order valence-corrected chi connectivity index (χ0v) is 25.2. The molecule has 42 heavy (non-hydrogen) atoms. The smallest absolute Gasteiger partial charge is 0.320 e. The van der Waals surface area contributed by atoms with Gasteiger partial charge in [0.15, 0.2) is 11.6 Å². The molecular formula is C29H35N9O2S2. The third kappa shape index (κ3) is 4.49. The van der Waals surface area contributed by atoms with Gasteiger partial charge < -0.3 is 30.3 Å². The van der Waals surface area contributed by atoms with Gasteiger partial charge in [-0.1, -0.05) is 0 Å². The maximum Gasteiger partial charge on any atom is 0.320 e. The van der Waals surface area contributed by atoms with Gasteiger partial charge in [-0.3, -0.25) is 4.90 Å². The van der Waals surface area contributed by atoms with Crippen LogP contribution >= 0.6 is 23.1 Å². The van der Waals surface area contributed by atoms with Gasteiger partial charge in [0, 0.05) is 79.5 Å². The maximum absolute atomic E-state index is 10.5. The van der Waals surface area contributed by atoms with Gasteiger partial charge in [-0.05, 0) is 25.7 Å². The first-order chi connectivity index (χ1) is 20.5. The van der Waals surface area contributed by atoms with E-state index in [2.05, 4.69) is 32.2 Å². The van der Waals surface area contributed by atoms with E-state index in [1.165, 1.54) is 16.2 Å².